The van der Waals surface area contributed by atoms with E-state index < -0.39 is 47.6 Å². The van der Waals surface area contributed by atoms with Crippen LogP contribution >= 0.6 is 0 Å². The lowest BCUT2D eigenvalue weighted by Gasteiger charge is -2.48. The van der Waals surface area contributed by atoms with Gasteiger partial charge in [-0.25, -0.2) is 0 Å². The van der Waals surface area contributed by atoms with Gasteiger partial charge in [-0.05, 0) is 49.1 Å². The fraction of sp³-hybridized carbons (Fsp3) is 0.730. The van der Waals surface area contributed by atoms with Crippen molar-refractivity contribution in [2.45, 2.75) is 146 Å². The maximum Gasteiger partial charge on any atom is 0.327 e. The minimum Gasteiger partial charge on any atom is -0.458 e. The monoisotopic (exact) mass is 652 g/mol. The molecule has 0 spiro atoms. The number of hydroxylamine groups is 2. The van der Waals surface area contributed by atoms with E-state index >= 15 is 0 Å². The number of rotatable bonds is 15. The molecular weight excluding hydrogens is 600 g/mol. The van der Waals surface area contributed by atoms with Crippen molar-refractivity contribution in [3.05, 3.63) is 41.5 Å². The quantitative estimate of drug-likeness (QED) is 0.156. The first-order valence-corrected chi connectivity index (χ1v) is 18.2. The van der Waals surface area contributed by atoms with Crippen molar-refractivity contribution < 1.29 is 38.5 Å². The van der Waals surface area contributed by atoms with Gasteiger partial charge in [0, 0.05) is 25.8 Å². The third-order valence-electron chi connectivity index (χ3n) is 11.3. The number of nitrogens with zero attached hydrogens (tertiary/aromatic N) is 1. The molecule has 1 aromatic rings. The summed E-state index contributed by atoms with van der Waals surface area (Å²) in [6, 6.07) is 7.28. The molecule has 10 nitrogen and oxygen atoms in total. The summed E-state index contributed by atoms with van der Waals surface area (Å²) in [5.74, 6) is -1.07. The third-order valence-corrected chi connectivity index (χ3v) is 11.3. The van der Waals surface area contributed by atoms with Crippen LogP contribution in [-0.2, 0) is 39.9 Å². The number of epoxide rings is 1. The fourth-order valence-electron chi connectivity index (χ4n) is 8.86. The number of benzene rings is 1. The number of amides is 1. The zero-order valence-corrected chi connectivity index (χ0v) is 27.9. The molecule has 4 aliphatic heterocycles. The lowest BCUT2D eigenvalue weighted by molar-refractivity contribution is -0.224. The molecule has 3 unspecified atom stereocenters. The van der Waals surface area contributed by atoms with E-state index in [1.807, 2.05) is 12.1 Å². The summed E-state index contributed by atoms with van der Waals surface area (Å²) in [6.07, 6.45) is 14.3. The van der Waals surface area contributed by atoms with Gasteiger partial charge in [-0.1, -0.05) is 75.9 Å². The van der Waals surface area contributed by atoms with Crippen LogP contribution in [0.25, 0.3) is 6.08 Å². The smallest absolute Gasteiger partial charge is 0.327 e. The van der Waals surface area contributed by atoms with E-state index in [2.05, 4.69) is 43.4 Å². The van der Waals surface area contributed by atoms with Gasteiger partial charge in [-0.3, -0.25) is 14.4 Å². The third kappa shape index (κ3) is 6.42. The molecule has 1 amide bonds. The van der Waals surface area contributed by atoms with Crippen molar-refractivity contribution in [2.75, 3.05) is 13.2 Å². The van der Waals surface area contributed by atoms with Crippen LogP contribution < -0.4 is 5.32 Å². The Balaban J connectivity index is 1.15. The normalized spacial score (nSPS) is 36.6. The van der Waals surface area contributed by atoms with Gasteiger partial charge >= 0.3 is 5.97 Å². The second-order valence-corrected chi connectivity index (χ2v) is 14.6. The standard InChI is InChI=1S/C37H52N2O8/c1-3-5-7-16-36(17-8-6-4-2)45-30-29-22-37(35(42)38-18-19-40)32(34(41)44-29)39(47-33(37)31(30)46-36)23-26-11-9-10-24(20-26)12-13-25-14-15-27-28(21-25)43-27/h9-13,20,25,27-33,40H,3-8,14-19,21-23H2,1-2H3,(H,38,42)/t25?,27?,28?,29-,30+,31+,32-,33-,37-/m1/s1. The SMILES string of the molecule is CCCCCC1(CCCCC)O[C@@H]2[C@H](O1)[C@H]1ON(Cc3cccc(C=CC4CCC5OC5C4)c3)[C@@H]3C(=O)O[C@@H]2C[C@]13C(=O)NCCO. The number of ether oxygens (including phenoxy) is 4. The number of carbonyl (C=O) groups excluding carboxylic acids is 2. The molecule has 0 radical (unpaired) electrons. The van der Waals surface area contributed by atoms with Crippen LogP contribution in [0.15, 0.2) is 30.3 Å². The molecule has 2 aliphatic carbocycles. The maximum absolute atomic E-state index is 14.1. The summed E-state index contributed by atoms with van der Waals surface area (Å²) in [7, 11) is 0. The van der Waals surface area contributed by atoms with Crippen LogP contribution in [0.3, 0.4) is 0 Å². The number of aliphatic hydroxyl groups excluding tert-OH is 1. The van der Waals surface area contributed by atoms with E-state index in [1.165, 1.54) is 0 Å². The van der Waals surface area contributed by atoms with Crippen LogP contribution in [0.1, 0.15) is 102 Å². The molecule has 9 atom stereocenters. The van der Waals surface area contributed by atoms with Crippen LogP contribution in [0, 0.1) is 11.3 Å². The first-order chi connectivity index (χ1) is 22.9. The molecule has 2 bridgehead atoms. The predicted octanol–water partition coefficient (Wildman–Crippen LogP) is 4.82. The van der Waals surface area contributed by atoms with E-state index in [0.29, 0.717) is 24.7 Å². The lowest BCUT2D eigenvalue weighted by Crippen LogP contribution is -2.69. The van der Waals surface area contributed by atoms with Gasteiger partial charge in [0.15, 0.2) is 11.8 Å². The Kier molecular flexibility index (Phi) is 9.80. The molecule has 47 heavy (non-hydrogen) atoms. The molecule has 2 saturated carbocycles. The molecule has 2 N–H and O–H groups in total. The number of hydrogen-bond donors (Lipinski definition) is 2. The molecule has 6 aliphatic rings. The summed E-state index contributed by atoms with van der Waals surface area (Å²) in [5.41, 5.74) is 0.815. The molecule has 10 heteroatoms. The molecule has 1 aromatic carbocycles. The van der Waals surface area contributed by atoms with Crippen molar-refractivity contribution in [3.8, 4) is 0 Å². The van der Waals surface area contributed by atoms with Crippen molar-refractivity contribution in [2.24, 2.45) is 11.3 Å². The minimum atomic E-state index is -1.23. The fourth-order valence-corrected chi connectivity index (χ4v) is 8.86. The first kappa shape index (κ1) is 33.2. The molecule has 258 valence electrons. The van der Waals surface area contributed by atoms with E-state index in [-0.39, 0.29) is 25.5 Å². The Morgan fingerprint density at radius 3 is 2.57 bits per heavy atom. The number of aliphatic hydroxyl groups is 1. The van der Waals surface area contributed by atoms with Crippen LogP contribution in [0.5, 0.6) is 0 Å². The van der Waals surface area contributed by atoms with Gasteiger partial charge in [-0.15, -0.1) is 0 Å². The van der Waals surface area contributed by atoms with Crippen LogP contribution in [0.4, 0.5) is 0 Å². The number of unbranched alkanes of at least 4 members (excludes halogenated alkanes) is 4. The zero-order valence-electron chi connectivity index (χ0n) is 27.9. The molecule has 7 rings (SSSR count). The average Bonchev–Trinajstić information content (AvgIpc) is 3.62. The Hall–Kier alpha value is -2.34. The molecule has 4 saturated heterocycles. The minimum absolute atomic E-state index is 0.0894. The summed E-state index contributed by atoms with van der Waals surface area (Å²) >= 11 is 0. The highest BCUT2D eigenvalue weighted by molar-refractivity contribution is 5.93. The van der Waals surface area contributed by atoms with Crippen LogP contribution in [-0.4, -0.2) is 83.7 Å². The highest BCUT2D eigenvalue weighted by atomic mass is 16.8. The molecule has 0 aromatic heterocycles. The summed E-state index contributed by atoms with van der Waals surface area (Å²) in [6.45, 7) is 4.55. The van der Waals surface area contributed by atoms with Crippen molar-refractivity contribution in [3.63, 3.8) is 0 Å². The van der Waals surface area contributed by atoms with Crippen LogP contribution in [0.2, 0.25) is 0 Å². The van der Waals surface area contributed by atoms with Gasteiger partial charge in [0.2, 0.25) is 5.91 Å². The number of fused-ring (bicyclic) bond motifs is 5. The first-order valence-electron chi connectivity index (χ1n) is 18.2. The summed E-state index contributed by atoms with van der Waals surface area (Å²) < 4.78 is 25.6. The lowest BCUT2D eigenvalue weighted by atomic mass is 9.62. The molecule has 4 heterocycles. The summed E-state index contributed by atoms with van der Waals surface area (Å²) in [5, 5.41) is 14.1. The molecular formula is C37H52N2O8. The van der Waals surface area contributed by atoms with Crippen molar-refractivity contribution in [1.29, 1.82) is 0 Å². The predicted molar refractivity (Wildman–Crippen MR) is 173 cm³/mol. The Bertz CT molecular complexity index is 1310. The van der Waals surface area contributed by atoms with E-state index in [1.54, 1.807) is 5.06 Å². The largest absolute Gasteiger partial charge is 0.458 e. The van der Waals surface area contributed by atoms with Gasteiger partial charge in [0.25, 0.3) is 0 Å². The van der Waals surface area contributed by atoms with Gasteiger partial charge in [-0.2, -0.15) is 5.06 Å². The highest BCUT2D eigenvalue weighted by Crippen LogP contribution is 2.58. The van der Waals surface area contributed by atoms with E-state index in [9.17, 15) is 14.7 Å². The average molecular weight is 653 g/mol. The number of hydrogen-bond acceptors (Lipinski definition) is 9. The maximum atomic E-state index is 14.1. The van der Waals surface area contributed by atoms with Crippen molar-refractivity contribution >= 4 is 18.0 Å². The van der Waals surface area contributed by atoms with E-state index in [0.717, 1.165) is 81.8 Å². The van der Waals surface area contributed by atoms with Gasteiger partial charge < -0.3 is 29.4 Å². The van der Waals surface area contributed by atoms with Crippen molar-refractivity contribution in [1.82, 2.24) is 10.4 Å². The molecule has 6 fully saturated rings. The van der Waals surface area contributed by atoms with Gasteiger partial charge in [0.05, 0.1) is 25.4 Å². The number of esters is 1. The zero-order chi connectivity index (χ0) is 32.6. The summed E-state index contributed by atoms with van der Waals surface area (Å²) in [4.78, 5) is 34.8. The topological polar surface area (TPSA) is 119 Å². The van der Waals surface area contributed by atoms with Gasteiger partial charge in [0.1, 0.15) is 29.8 Å². The number of nitrogens with one attached hydrogen (secondary N) is 1. The second-order valence-electron chi connectivity index (χ2n) is 14.6. The Labute approximate surface area is 278 Å². The Morgan fingerprint density at radius 1 is 1.04 bits per heavy atom. The Morgan fingerprint density at radius 2 is 1.83 bits per heavy atom. The second kappa shape index (κ2) is 13.9. The number of carbonyl (C=O) groups is 2. The highest BCUT2D eigenvalue weighted by Gasteiger charge is 2.76. The van der Waals surface area contributed by atoms with E-state index in [4.69, 9.17) is 23.8 Å². The number of allylic oxidation sites excluding steroid dienone is 1.